The molecule has 11 nitrogen and oxygen atoms in total. The Kier molecular flexibility index (Phi) is 7.19. The molecule has 1 aliphatic heterocycles. The van der Waals surface area contributed by atoms with Crippen molar-refractivity contribution in [2.24, 2.45) is 7.05 Å². The van der Waals surface area contributed by atoms with Crippen molar-refractivity contribution >= 4 is 16.8 Å². The van der Waals surface area contributed by atoms with E-state index in [0.717, 1.165) is 49.3 Å². The summed E-state index contributed by atoms with van der Waals surface area (Å²) in [4.78, 5) is 16.0. The van der Waals surface area contributed by atoms with E-state index in [9.17, 15) is 4.79 Å². The third-order valence-electron chi connectivity index (χ3n) is 6.45. The fraction of sp³-hybridized carbons (Fsp3) is 0.400. The lowest BCUT2D eigenvalue weighted by Gasteiger charge is -2.26. The number of fused-ring (bicyclic) bond motifs is 1. The van der Waals surface area contributed by atoms with Crippen LogP contribution < -0.4 is 10.1 Å². The van der Waals surface area contributed by atoms with Crippen molar-refractivity contribution in [1.82, 2.24) is 40.2 Å². The molecule has 0 saturated carbocycles. The van der Waals surface area contributed by atoms with E-state index in [4.69, 9.17) is 14.6 Å². The number of aryl methyl sites for hydroxylation is 1. The molecule has 1 N–H and O–H groups in total. The molecule has 0 spiro atoms. The van der Waals surface area contributed by atoms with Crippen LogP contribution in [0.4, 0.5) is 0 Å². The molecule has 0 bridgehead atoms. The number of hydrogen-bond acceptors (Lipinski definition) is 8. The first-order valence-corrected chi connectivity index (χ1v) is 12.0. The number of methoxy groups -OCH3 is 1. The molecule has 3 heterocycles. The van der Waals surface area contributed by atoms with Gasteiger partial charge in [-0.05, 0) is 22.1 Å². The van der Waals surface area contributed by atoms with Gasteiger partial charge >= 0.3 is 0 Å². The first-order chi connectivity index (χ1) is 17.6. The van der Waals surface area contributed by atoms with Crippen molar-refractivity contribution in [2.45, 2.75) is 19.0 Å². The zero-order chi connectivity index (χ0) is 24.9. The second kappa shape index (κ2) is 10.8. The van der Waals surface area contributed by atoms with E-state index in [0.29, 0.717) is 30.2 Å². The van der Waals surface area contributed by atoms with Crippen molar-refractivity contribution in [2.75, 3.05) is 40.0 Å². The van der Waals surface area contributed by atoms with Gasteiger partial charge in [0, 0.05) is 38.5 Å². The molecule has 1 amide bonds. The Labute approximate surface area is 209 Å². The average molecular weight is 491 g/mol. The molecule has 188 valence electrons. The largest absolute Gasteiger partial charge is 0.494 e. The Morgan fingerprint density at radius 3 is 2.64 bits per heavy atom. The molecule has 1 saturated heterocycles. The second-order valence-electron chi connectivity index (χ2n) is 8.76. The molecule has 5 rings (SSSR count). The molecule has 0 aliphatic carbocycles. The second-order valence-corrected chi connectivity index (χ2v) is 8.76. The van der Waals surface area contributed by atoms with Gasteiger partial charge in [-0.2, -0.15) is 5.10 Å². The van der Waals surface area contributed by atoms with Crippen LogP contribution in [0, 0.1) is 0 Å². The maximum absolute atomic E-state index is 13.7. The van der Waals surface area contributed by atoms with Crippen molar-refractivity contribution in [1.29, 1.82) is 0 Å². The normalized spacial score (nSPS) is 15.2. The van der Waals surface area contributed by atoms with Crippen LogP contribution in [0.2, 0.25) is 0 Å². The molecule has 0 radical (unpaired) electrons. The summed E-state index contributed by atoms with van der Waals surface area (Å²) in [5.41, 5.74) is 2.21. The average Bonchev–Trinajstić information content (AvgIpc) is 3.52. The lowest BCUT2D eigenvalue weighted by atomic mass is 10.0. The number of nitrogens with one attached hydrogen (secondary N) is 1. The lowest BCUT2D eigenvalue weighted by Crippen LogP contribution is -2.38. The fourth-order valence-corrected chi connectivity index (χ4v) is 4.57. The number of tetrazole rings is 1. The topological polar surface area (TPSA) is 112 Å². The Hall–Kier alpha value is -3.83. The number of hydrogen-bond donors (Lipinski definition) is 1. The van der Waals surface area contributed by atoms with Gasteiger partial charge in [-0.25, -0.2) is 4.68 Å². The van der Waals surface area contributed by atoms with Crippen molar-refractivity contribution in [3.63, 3.8) is 0 Å². The number of benzene rings is 2. The van der Waals surface area contributed by atoms with E-state index < -0.39 is 6.04 Å². The van der Waals surface area contributed by atoms with Gasteiger partial charge < -0.3 is 14.8 Å². The zero-order valence-corrected chi connectivity index (χ0v) is 20.5. The molecule has 2 aromatic carbocycles. The predicted octanol–water partition coefficient (Wildman–Crippen LogP) is 1.61. The summed E-state index contributed by atoms with van der Waals surface area (Å²) in [6.07, 6.45) is 0.541. The highest BCUT2D eigenvalue weighted by atomic mass is 16.5. The van der Waals surface area contributed by atoms with Crippen LogP contribution >= 0.6 is 0 Å². The van der Waals surface area contributed by atoms with E-state index in [1.165, 1.54) is 0 Å². The SMILES string of the molecule is COc1cccc2c(C(=O)N[C@@H](Cc3ccccc3)c3nnnn3C)nn(CCN3CCOCC3)c12. The summed E-state index contributed by atoms with van der Waals surface area (Å²) in [6.45, 7) is 4.67. The third kappa shape index (κ3) is 5.07. The number of morpholine rings is 1. The Bertz CT molecular complexity index is 1310. The van der Waals surface area contributed by atoms with Crippen LogP contribution in [-0.4, -0.2) is 80.8 Å². The van der Waals surface area contributed by atoms with E-state index >= 15 is 0 Å². The molecular formula is C25H30N8O3. The Balaban J connectivity index is 1.44. The number of carbonyl (C=O) groups is 1. The van der Waals surface area contributed by atoms with E-state index in [1.54, 1.807) is 18.8 Å². The Morgan fingerprint density at radius 1 is 1.11 bits per heavy atom. The van der Waals surface area contributed by atoms with Crippen LogP contribution in [0.5, 0.6) is 5.75 Å². The number of ether oxygens (including phenoxy) is 2. The monoisotopic (exact) mass is 490 g/mol. The van der Waals surface area contributed by atoms with Crippen LogP contribution in [0.15, 0.2) is 48.5 Å². The van der Waals surface area contributed by atoms with Gasteiger partial charge in [-0.3, -0.25) is 14.4 Å². The summed E-state index contributed by atoms with van der Waals surface area (Å²) in [7, 11) is 3.39. The van der Waals surface area contributed by atoms with Crippen LogP contribution in [0.25, 0.3) is 10.9 Å². The van der Waals surface area contributed by atoms with Crippen LogP contribution in [0.3, 0.4) is 0 Å². The van der Waals surface area contributed by atoms with Gasteiger partial charge in [0.05, 0.1) is 32.9 Å². The van der Waals surface area contributed by atoms with Gasteiger partial charge in [0.1, 0.15) is 11.3 Å². The summed E-state index contributed by atoms with van der Waals surface area (Å²) < 4.78 is 14.5. The van der Waals surface area contributed by atoms with Crippen molar-refractivity contribution < 1.29 is 14.3 Å². The highest BCUT2D eigenvalue weighted by molar-refractivity contribution is 6.06. The fourth-order valence-electron chi connectivity index (χ4n) is 4.57. The first-order valence-electron chi connectivity index (χ1n) is 12.0. The molecule has 2 aromatic heterocycles. The number of nitrogens with zero attached hydrogens (tertiary/aromatic N) is 7. The zero-order valence-electron chi connectivity index (χ0n) is 20.5. The molecule has 36 heavy (non-hydrogen) atoms. The summed E-state index contributed by atoms with van der Waals surface area (Å²) in [6, 6.07) is 15.2. The molecule has 4 aromatic rings. The van der Waals surface area contributed by atoms with E-state index in [-0.39, 0.29) is 5.91 Å². The van der Waals surface area contributed by atoms with Crippen molar-refractivity contribution in [3.05, 3.63) is 65.6 Å². The molecule has 1 aliphatic rings. The quantitative estimate of drug-likeness (QED) is 0.377. The summed E-state index contributed by atoms with van der Waals surface area (Å²) >= 11 is 0. The highest BCUT2D eigenvalue weighted by Gasteiger charge is 2.26. The molecular weight excluding hydrogens is 460 g/mol. The highest BCUT2D eigenvalue weighted by Crippen LogP contribution is 2.29. The maximum Gasteiger partial charge on any atom is 0.273 e. The minimum atomic E-state index is -0.431. The summed E-state index contributed by atoms with van der Waals surface area (Å²) in [5.74, 6) is 0.961. The number of carbonyl (C=O) groups excluding carboxylic acids is 1. The first kappa shape index (κ1) is 23.9. The lowest BCUT2D eigenvalue weighted by molar-refractivity contribution is 0.0361. The Morgan fingerprint density at radius 2 is 1.92 bits per heavy atom. The van der Waals surface area contributed by atoms with Crippen LogP contribution in [0.1, 0.15) is 27.9 Å². The standard InChI is InChI=1S/C25H30N8O3/c1-31-24(27-29-30-31)20(17-18-7-4-3-5-8-18)26-25(34)22-19-9-6-10-21(35-2)23(19)33(28-22)12-11-32-13-15-36-16-14-32/h3-10,20H,11-17H2,1-2H3,(H,26,34)/t20-/m0/s1. The predicted molar refractivity (Wildman–Crippen MR) is 133 cm³/mol. The minimum Gasteiger partial charge on any atom is -0.494 e. The van der Waals surface area contributed by atoms with Crippen molar-refractivity contribution in [3.8, 4) is 5.75 Å². The molecule has 1 atom stereocenters. The maximum atomic E-state index is 13.7. The molecule has 11 heteroatoms. The van der Waals surface area contributed by atoms with Gasteiger partial charge in [-0.1, -0.05) is 42.5 Å². The smallest absolute Gasteiger partial charge is 0.273 e. The van der Waals surface area contributed by atoms with Gasteiger partial charge in [0.25, 0.3) is 5.91 Å². The van der Waals surface area contributed by atoms with Gasteiger partial charge in [0.2, 0.25) is 0 Å². The number of para-hydroxylation sites is 1. The molecule has 1 fully saturated rings. The van der Waals surface area contributed by atoms with E-state index in [1.807, 2.05) is 53.2 Å². The van der Waals surface area contributed by atoms with Gasteiger partial charge in [0.15, 0.2) is 11.5 Å². The van der Waals surface area contributed by atoms with E-state index in [2.05, 4.69) is 25.7 Å². The van der Waals surface area contributed by atoms with Crippen LogP contribution in [-0.2, 0) is 24.8 Å². The molecule has 0 unspecified atom stereocenters. The minimum absolute atomic E-state index is 0.290. The number of amides is 1. The summed E-state index contributed by atoms with van der Waals surface area (Å²) in [5, 5.41) is 20.5. The number of aromatic nitrogens is 6. The third-order valence-corrected chi connectivity index (χ3v) is 6.45. The number of rotatable bonds is 9. The van der Waals surface area contributed by atoms with Gasteiger partial charge in [-0.15, -0.1) is 5.10 Å².